The Balaban J connectivity index is 1.16. The van der Waals surface area contributed by atoms with Gasteiger partial charge in [-0.25, -0.2) is 4.21 Å². The molecule has 1 unspecified atom stereocenters. The number of carbonyl (C=O) groups excluding carboxylic acids is 1. The number of halogens is 3. The quantitative estimate of drug-likeness (QED) is 0.230. The molecular weight excluding hydrogens is 581 g/mol. The van der Waals surface area contributed by atoms with E-state index in [4.69, 9.17) is 9.47 Å². The van der Waals surface area contributed by atoms with Gasteiger partial charge in [0, 0.05) is 24.7 Å². The summed E-state index contributed by atoms with van der Waals surface area (Å²) < 4.78 is 64.8. The molecule has 1 aliphatic rings. The molecule has 2 heterocycles. The van der Waals surface area contributed by atoms with Crippen LogP contribution in [0.15, 0.2) is 84.9 Å². The minimum atomic E-state index is -4.56. The second kappa shape index (κ2) is 13.2. The largest absolute Gasteiger partial charge is 0.495 e. The number of methoxy groups -OCH3 is 1. The molecule has 4 aromatic rings. The van der Waals surface area contributed by atoms with Crippen molar-refractivity contribution in [2.45, 2.75) is 30.7 Å². The highest BCUT2D eigenvalue weighted by Gasteiger charge is 2.33. The fourth-order valence-electron chi connectivity index (χ4n) is 4.86. The average Bonchev–Trinajstić information content (AvgIpc) is 3.01. The lowest BCUT2D eigenvalue weighted by atomic mass is 9.89. The molecule has 1 saturated heterocycles. The van der Waals surface area contributed by atoms with E-state index in [9.17, 15) is 22.2 Å². The number of rotatable bonds is 9. The monoisotopic (exact) mass is 610 g/mol. The number of benzene rings is 3. The highest BCUT2D eigenvalue weighted by Crippen LogP contribution is 2.33. The van der Waals surface area contributed by atoms with Gasteiger partial charge in [-0.2, -0.15) is 13.2 Å². The number of hydrogen-bond donors (Lipinski definition) is 1. The third-order valence-electron chi connectivity index (χ3n) is 7.10. The molecule has 1 fully saturated rings. The summed E-state index contributed by atoms with van der Waals surface area (Å²) in [7, 11) is 0.107. The number of alkyl halides is 3. The molecule has 43 heavy (non-hydrogen) atoms. The molecule has 1 aliphatic heterocycles. The van der Waals surface area contributed by atoms with Gasteiger partial charge in [0.2, 0.25) is 5.88 Å². The fourth-order valence-corrected chi connectivity index (χ4v) is 5.83. The summed E-state index contributed by atoms with van der Waals surface area (Å²) >= 11 is 0. The molecule has 0 radical (unpaired) electrons. The molecule has 8 nitrogen and oxygen atoms in total. The van der Waals surface area contributed by atoms with Crippen LogP contribution in [0.25, 0.3) is 0 Å². The van der Waals surface area contributed by atoms with Crippen molar-refractivity contribution in [2.24, 2.45) is 0 Å². The third-order valence-corrected chi connectivity index (χ3v) is 8.14. The van der Waals surface area contributed by atoms with Crippen LogP contribution in [0.5, 0.6) is 17.4 Å². The molecule has 0 saturated carbocycles. The van der Waals surface area contributed by atoms with E-state index in [0.717, 1.165) is 36.1 Å². The summed E-state index contributed by atoms with van der Waals surface area (Å²) in [4.78, 5) is 15.2. The number of nitrogens with one attached hydrogen (secondary N) is 1. The molecule has 0 aliphatic carbocycles. The van der Waals surface area contributed by atoms with Crippen LogP contribution in [0.2, 0.25) is 0 Å². The second-order valence-electron chi connectivity index (χ2n) is 9.98. The van der Waals surface area contributed by atoms with Gasteiger partial charge in [0.25, 0.3) is 5.91 Å². The Morgan fingerprint density at radius 2 is 1.70 bits per heavy atom. The Labute approximate surface area is 249 Å². The van der Waals surface area contributed by atoms with Crippen LogP contribution < -0.4 is 14.2 Å². The van der Waals surface area contributed by atoms with E-state index in [1.807, 2.05) is 47.4 Å². The summed E-state index contributed by atoms with van der Waals surface area (Å²) in [6.07, 6.45) is -3.04. The van der Waals surface area contributed by atoms with Gasteiger partial charge in [-0.3, -0.25) is 4.79 Å². The lowest BCUT2D eigenvalue weighted by Crippen LogP contribution is -2.37. The van der Waals surface area contributed by atoms with Crippen LogP contribution in [0.3, 0.4) is 0 Å². The van der Waals surface area contributed by atoms with Gasteiger partial charge in [-0.1, -0.05) is 42.5 Å². The lowest BCUT2D eigenvalue weighted by Gasteiger charge is -2.32. The van der Waals surface area contributed by atoms with Crippen LogP contribution in [-0.2, 0) is 22.9 Å². The second-order valence-corrected chi connectivity index (χ2v) is 11.2. The van der Waals surface area contributed by atoms with E-state index in [1.54, 1.807) is 30.3 Å². The van der Waals surface area contributed by atoms with Gasteiger partial charge in [0.1, 0.15) is 22.5 Å². The van der Waals surface area contributed by atoms with E-state index >= 15 is 0 Å². The van der Waals surface area contributed by atoms with Crippen LogP contribution in [0.4, 0.5) is 18.9 Å². The molecule has 1 N–H and O–H groups in total. The van der Waals surface area contributed by atoms with Crippen molar-refractivity contribution in [3.63, 3.8) is 0 Å². The molecule has 0 bridgehead atoms. The van der Waals surface area contributed by atoms with Gasteiger partial charge in [-0.05, 0) is 66.3 Å². The van der Waals surface area contributed by atoms with Gasteiger partial charge in [-0.15, -0.1) is 10.2 Å². The maximum atomic E-state index is 13.4. The number of nitrogens with zero attached hydrogens (tertiary/aromatic N) is 3. The Hall–Kier alpha value is -4.45. The van der Waals surface area contributed by atoms with Gasteiger partial charge in [0.05, 0.1) is 18.6 Å². The lowest BCUT2D eigenvalue weighted by molar-refractivity contribution is -0.141. The number of aromatic nitrogens is 2. The van der Waals surface area contributed by atoms with Gasteiger partial charge >= 0.3 is 6.18 Å². The first-order valence-corrected chi connectivity index (χ1v) is 14.9. The molecule has 0 spiro atoms. The predicted molar refractivity (Wildman–Crippen MR) is 156 cm³/mol. The van der Waals surface area contributed by atoms with Crippen LogP contribution >= 0.6 is 0 Å². The molecule has 224 valence electrons. The molecule has 1 atom stereocenters. The van der Waals surface area contributed by atoms with Crippen molar-refractivity contribution in [2.75, 3.05) is 24.9 Å². The van der Waals surface area contributed by atoms with Crippen molar-refractivity contribution < 1.29 is 31.6 Å². The number of ether oxygens (including phenoxy) is 2. The first kappa shape index (κ1) is 30.0. The van der Waals surface area contributed by atoms with Crippen LogP contribution in [-0.4, -0.2) is 45.4 Å². The standard InChI is InChI=1S/C31H29F3N4O4S/c1-41-27-12-9-24(19-26(27)37-43(40)20-21-5-3-2-4-6-21)30(39)38-17-15-23(16-18-38)22-7-10-25(11-8-22)42-29-14-13-28(35-36-29)31(32,33)34/h2-14,19,23,37H,15-18,20H2,1H3. The number of amides is 1. The zero-order chi connectivity index (χ0) is 30.4. The van der Waals surface area contributed by atoms with Gasteiger partial charge < -0.3 is 19.1 Å². The van der Waals surface area contributed by atoms with Crippen molar-refractivity contribution in [1.82, 2.24) is 15.1 Å². The molecule has 1 aromatic heterocycles. The van der Waals surface area contributed by atoms with Crippen molar-refractivity contribution in [3.05, 3.63) is 107 Å². The smallest absolute Gasteiger partial charge is 0.435 e. The zero-order valence-corrected chi connectivity index (χ0v) is 24.0. The maximum absolute atomic E-state index is 13.4. The van der Waals surface area contributed by atoms with E-state index in [2.05, 4.69) is 14.9 Å². The van der Waals surface area contributed by atoms with E-state index in [-0.39, 0.29) is 17.7 Å². The van der Waals surface area contributed by atoms with E-state index < -0.39 is 22.9 Å². The Kier molecular flexibility index (Phi) is 9.24. The third kappa shape index (κ3) is 7.69. The minimum absolute atomic E-state index is 0.0353. The fraction of sp³-hybridized carbons (Fsp3) is 0.258. The Morgan fingerprint density at radius 3 is 2.33 bits per heavy atom. The number of anilines is 1. The summed E-state index contributed by atoms with van der Waals surface area (Å²) in [6.45, 7) is 1.13. The normalized spacial score (nSPS) is 14.7. The van der Waals surface area contributed by atoms with Crippen molar-refractivity contribution in [3.8, 4) is 17.4 Å². The molecule has 1 amide bonds. The summed E-state index contributed by atoms with van der Waals surface area (Å²) in [5.74, 6) is 1.32. The molecule has 5 rings (SSSR count). The Morgan fingerprint density at radius 1 is 0.977 bits per heavy atom. The first-order chi connectivity index (χ1) is 20.7. The topological polar surface area (TPSA) is 93.7 Å². The number of piperidine rings is 1. The SMILES string of the molecule is COc1ccc(C(=O)N2CCC(c3ccc(Oc4ccc(C(F)(F)F)nn4)cc3)CC2)cc1NS(=O)Cc1ccccc1. The average molecular weight is 611 g/mol. The van der Waals surface area contributed by atoms with E-state index in [1.165, 1.54) is 7.11 Å². The van der Waals surface area contributed by atoms with Gasteiger partial charge in [0.15, 0.2) is 5.69 Å². The van der Waals surface area contributed by atoms with E-state index in [0.29, 0.717) is 41.6 Å². The maximum Gasteiger partial charge on any atom is 0.435 e. The molecular formula is C31H29F3N4O4S. The van der Waals surface area contributed by atoms with Crippen LogP contribution in [0, 0.1) is 0 Å². The number of hydrogen-bond acceptors (Lipinski definition) is 6. The zero-order valence-electron chi connectivity index (χ0n) is 23.2. The first-order valence-electron chi connectivity index (χ1n) is 13.5. The number of likely N-dealkylation sites (tertiary alicyclic amines) is 1. The highest BCUT2D eigenvalue weighted by molar-refractivity contribution is 7.85. The summed E-state index contributed by atoms with van der Waals surface area (Å²) in [6, 6.07) is 23.8. The van der Waals surface area contributed by atoms with Crippen molar-refractivity contribution in [1.29, 1.82) is 0 Å². The highest BCUT2D eigenvalue weighted by atomic mass is 32.2. The predicted octanol–water partition coefficient (Wildman–Crippen LogP) is 6.59. The summed E-state index contributed by atoms with van der Waals surface area (Å²) in [5, 5.41) is 6.66. The van der Waals surface area contributed by atoms with Crippen molar-refractivity contribution >= 4 is 22.6 Å². The minimum Gasteiger partial charge on any atom is -0.495 e. The molecule has 12 heteroatoms. The molecule has 3 aromatic carbocycles. The van der Waals surface area contributed by atoms with Crippen LogP contribution in [0.1, 0.15) is 45.9 Å². The number of carbonyl (C=O) groups is 1. The Bertz CT molecular complexity index is 1560. The summed E-state index contributed by atoms with van der Waals surface area (Å²) in [5.41, 5.74) is 1.89.